The Labute approximate surface area is 113 Å². The Morgan fingerprint density at radius 2 is 2.00 bits per heavy atom. The summed E-state index contributed by atoms with van der Waals surface area (Å²) in [5.74, 6) is 0.476. The summed E-state index contributed by atoms with van der Waals surface area (Å²) in [6.07, 6.45) is 0. The summed E-state index contributed by atoms with van der Waals surface area (Å²) in [7, 11) is 1.63. The number of halogens is 1. The molecule has 0 aliphatic carbocycles. The van der Waals surface area contributed by atoms with Crippen LogP contribution in [0, 0.1) is 19.8 Å². The first-order valence-corrected chi connectivity index (χ1v) is 8.10. The summed E-state index contributed by atoms with van der Waals surface area (Å²) in [4.78, 5) is 0.105. The van der Waals surface area contributed by atoms with Gasteiger partial charge in [-0.2, -0.15) is 5.10 Å². The van der Waals surface area contributed by atoms with E-state index in [4.69, 9.17) is 15.4 Å². The summed E-state index contributed by atoms with van der Waals surface area (Å²) in [5, 5.41) is 4.17. The predicted octanol–water partition coefficient (Wildman–Crippen LogP) is 2.10. The van der Waals surface area contributed by atoms with Gasteiger partial charge in [0.2, 0.25) is 0 Å². The van der Waals surface area contributed by atoms with Gasteiger partial charge in [0.15, 0.2) is 0 Å². The zero-order valence-electron chi connectivity index (χ0n) is 11.1. The fourth-order valence-electron chi connectivity index (χ4n) is 1.72. The normalized spacial score (nSPS) is 12.3. The molecule has 0 atom stereocenters. The molecule has 0 bridgehead atoms. The standard InChI is InChI=1S/C11H19ClN2O3S/c1-8(2)7-17-6-5-14-10(4)11(9(3)13-14)18(12,15)16/h8H,5-7H2,1-4H3. The quantitative estimate of drug-likeness (QED) is 0.595. The van der Waals surface area contributed by atoms with E-state index in [9.17, 15) is 8.42 Å². The van der Waals surface area contributed by atoms with Gasteiger partial charge in [0.05, 0.1) is 24.5 Å². The van der Waals surface area contributed by atoms with Gasteiger partial charge in [-0.25, -0.2) is 8.42 Å². The molecule has 1 aromatic heterocycles. The summed E-state index contributed by atoms with van der Waals surface area (Å²) in [6, 6.07) is 0. The SMILES string of the molecule is Cc1nn(CCOCC(C)C)c(C)c1S(=O)(=O)Cl. The molecular formula is C11H19ClN2O3S. The molecule has 0 aliphatic heterocycles. The van der Waals surface area contributed by atoms with Gasteiger partial charge in [-0.05, 0) is 19.8 Å². The summed E-state index contributed by atoms with van der Waals surface area (Å²) >= 11 is 0. The molecule has 1 aromatic rings. The second kappa shape index (κ2) is 6.04. The number of ether oxygens (including phenoxy) is 1. The highest BCUT2D eigenvalue weighted by Gasteiger charge is 2.22. The molecule has 0 radical (unpaired) electrons. The second-order valence-electron chi connectivity index (χ2n) is 4.63. The van der Waals surface area contributed by atoms with Crippen molar-refractivity contribution >= 4 is 19.7 Å². The van der Waals surface area contributed by atoms with Crippen molar-refractivity contribution in [2.75, 3.05) is 13.2 Å². The van der Waals surface area contributed by atoms with Crippen LogP contribution in [0.2, 0.25) is 0 Å². The maximum atomic E-state index is 11.4. The minimum atomic E-state index is -3.74. The third-order valence-corrected chi connectivity index (χ3v) is 4.00. The van der Waals surface area contributed by atoms with Crippen LogP contribution in [0.1, 0.15) is 25.2 Å². The van der Waals surface area contributed by atoms with Gasteiger partial charge in [-0.15, -0.1) is 0 Å². The van der Waals surface area contributed by atoms with Crippen LogP contribution in [0.5, 0.6) is 0 Å². The third-order valence-electron chi connectivity index (χ3n) is 2.46. The van der Waals surface area contributed by atoms with E-state index in [1.165, 1.54) is 0 Å². The highest BCUT2D eigenvalue weighted by atomic mass is 35.7. The van der Waals surface area contributed by atoms with Crippen molar-refractivity contribution in [1.82, 2.24) is 9.78 Å². The van der Waals surface area contributed by atoms with Crippen LogP contribution < -0.4 is 0 Å². The van der Waals surface area contributed by atoms with E-state index in [0.717, 1.165) is 0 Å². The molecule has 1 rings (SSSR count). The highest BCUT2D eigenvalue weighted by Crippen LogP contribution is 2.22. The van der Waals surface area contributed by atoms with Crippen molar-refractivity contribution in [1.29, 1.82) is 0 Å². The number of aryl methyl sites for hydroxylation is 1. The number of rotatable bonds is 6. The maximum Gasteiger partial charge on any atom is 0.264 e. The van der Waals surface area contributed by atoms with Crippen LogP contribution in [0.3, 0.4) is 0 Å². The van der Waals surface area contributed by atoms with E-state index in [0.29, 0.717) is 37.1 Å². The van der Waals surface area contributed by atoms with Gasteiger partial charge in [0.25, 0.3) is 9.05 Å². The van der Waals surface area contributed by atoms with Crippen LogP contribution in [0.4, 0.5) is 0 Å². The van der Waals surface area contributed by atoms with Crippen LogP contribution in [-0.2, 0) is 20.3 Å². The van der Waals surface area contributed by atoms with Gasteiger partial charge in [0, 0.05) is 17.3 Å². The molecule has 0 N–H and O–H groups in total. The first-order chi connectivity index (χ1) is 8.23. The van der Waals surface area contributed by atoms with Gasteiger partial charge < -0.3 is 4.74 Å². The molecule has 0 aromatic carbocycles. The lowest BCUT2D eigenvalue weighted by Gasteiger charge is -2.08. The van der Waals surface area contributed by atoms with Crippen molar-refractivity contribution in [2.45, 2.75) is 39.1 Å². The minimum absolute atomic E-state index is 0.105. The smallest absolute Gasteiger partial charge is 0.264 e. The van der Waals surface area contributed by atoms with Crippen LogP contribution in [0.25, 0.3) is 0 Å². The number of nitrogens with zero attached hydrogens (tertiary/aromatic N) is 2. The Balaban J connectivity index is 2.75. The average Bonchev–Trinajstić information content (AvgIpc) is 2.47. The molecule has 0 unspecified atom stereocenters. The largest absolute Gasteiger partial charge is 0.379 e. The first-order valence-electron chi connectivity index (χ1n) is 5.80. The summed E-state index contributed by atoms with van der Waals surface area (Å²) in [5.41, 5.74) is 0.974. The molecule has 5 nitrogen and oxygen atoms in total. The molecule has 0 amide bonds. The van der Waals surface area contributed by atoms with E-state index >= 15 is 0 Å². The molecule has 0 aliphatic rings. The lowest BCUT2D eigenvalue weighted by Crippen LogP contribution is -2.11. The Morgan fingerprint density at radius 1 is 1.39 bits per heavy atom. The molecule has 0 saturated carbocycles. The Bertz CT molecular complexity index is 509. The van der Waals surface area contributed by atoms with E-state index in [-0.39, 0.29) is 4.90 Å². The lowest BCUT2D eigenvalue weighted by atomic mass is 10.2. The third kappa shape index (κ3) is 3.96. The Kier molecular flexibility index (Phi) is 5.19. The zero-order valence-corrected chi connectivity index (χ0v) is 12.7. The van der Waals surface area contributed by atoms with Crippen molar-refractivity contribution in [3.63, 3.8) is 0 Å². The zero-order chi connectivity index (χ0) is 13.9. The molecule has 18 heavy (non-hydrogen) atoms. The minimum Gasteiger partial charge on any atom is -0.379 e. The van der Waals surface area contributed by atoms with Gasteiger partial charge >= 0.3 is 0 Å². The molecule has 104 valence electrons. The van der Waals surface area contributed by atoms with Crippen LogP contribution in [-0.4, -0.2) is 31.4 Å². The van der Waals surface area contributed by atoms with Crippen LogP contribution in [0.15, 0.2) is 4.90 Å². The number of aromatic nitrogens is 2. The van der Waals surface area contributed by atoms with Crippen molar-refractivity contribution in [3.8, 4) is 0 Å². The summed E-state index contributed by atoms with van der Waals surface area (Å²) in [6.45, 7) is 9.17. The van der Waals surface area contributed by atoms with E-state index < -0.39 is 9.05 Å². The van der Waals surface area contributed by atoms with E-state index in [2.05, 4.69) is 18.9 Å². The second-order valence-corrected chi connectivity index (χ2v) is 7.13. The monoisotopic (exact) mass is 294 g/mol. The maximum absolute atomic E-state index is 11.4. The number of hydrogen-bond acceptors (Lipinski definition) is 4. The highest BCUT2D eigenvalue weighted by molar-refractivity contribution is 8.13. The van der Waals surface area contributed by atoms with Gasteiger partial charge in [-0.3, -0.25) is 4.68 Å². The molecular weight excluding hydrogens is 276 g/mol. The van der Waals surface area contributed by atoms with E-state index in [1.54, 1.807) is 18.5 Å². The summed E-state index contributed by atoms with van der Waals surface area (Å²) < 4.78 is 29.8. The van der Waals surface area contributed by atoms with Crippen molar-refractivity contribution < 1.29 is 13.2 Å². The van der Waals surface area contributed by atoms with Crippen molar-refractivity contribution in [2.24, 2.45) is 5.92 Å². The van der Waals surface area contributed by atoms with Gasteiger partial charge in [-0.1, -0.05) is 13.8 Å². The molecule has 1 heterocycles. The van der Waals surface area contributed by atoms with Gasteiger partial charge in [0.1, 0.15) is 4.90 Å². The molecule has 0 fully saturated rings. The van der Waals surface area contributed by atoms with Crippen LogP contribution >= 0.6 is 10.7 Å². The lowest BCUT2D eigenvalue weighted by molar-refractivity contribution is 0.100. The predicted molar refractivity (Wildman–Crippen MR) is 70.4 cm³/mol. The molecule has 7 heteroatoms. The van der Waals surface area contributed by atoms with E-state index in [1.807, 2.05) is 0 Å². The molecule has 0 saturated heterocycles. The fourth-order valence-corrected chi connectivity index (χ4v) is 3.24. The fraction of sp³-hybridized carbons (Fsp3) is 0.727. The first kappa shape index (κ1) is 15.5. The number of hydrogen-bond donors (Lipinski definition) is 0. The molecule has 0 spiro atoms. The Hall–Kier alpha value is -0.590. The van der Waals surface area contributed by atoms with Crippen molar-refractivity contribution in [3.05, 3.63) is 11.4 Å². The average molecular weight is 295 g/mol. The topological polar surface area (TPSA) is 61.2 Å². The Morgan fingerprint density at radius 3 is 2.44 bits per heavy atom.